The Balaban J connectivity index is 2.39. The standard InChI is InChI=1S/C10H10O6/c1-3-7(11)14-5-8(12)16-9-6(2)4-15-10(9)13/h3,9H,1-2,4-5H2. The van der Waals surface area contributed by atoms with Crippen LogP contribution in [0.2, 0.25) is 0 Å². The zero-order chi connectivity index (χ0) is 12.1. The van der Waals surface area contributed by atoms with Crippen molar-refractivity contribution in [2.24, 2.45) is 0 Å². The van der Waals surface area contributed by atoms with Gasteiger partial charge in [-0.05, 0) is 0 Å². The Bertz CT molecular complexity index is 340. The van der Waals surface area contributed by atoms with Gasteiger partial charge in [-0.25, -0.2) is 14.4 Å². The Hall–Kier alpha value is -2.11. The highest BCUT2D eigenvalue weighted by molar-refractivity contribution is 5.86. The van der Waals surface area contributed by atoms with Gasteiger partial charge in [-0.3, -0.25) is 0 Å². The second-order valence-electron chi connectivity index (χ2n) is 2.95. The van der Waals surface area contributed by atoms with Crippen molar-refractivity contribution >= 4 is 17.9 Å². The van der Waals surface area contributed by atoms with Crippen LogP contribution in [0.3, 0.4) is 0 Å². The van der Waals surface area contributed by atoms with Gasteiger partial charge in [0, 0.05) is 11.6 Å². The first kappa shape index (κ1) is 12.0. The van der Waals surface area contributed by atoms with Crippen molar-refractivity contribution in [1.82, 2.24) is 0 Å². The molecular weight excluding hydrogens is 216 g/mol. The highest BCUT2D eigenvalue weighted by Crippen LogP contribution is 2.15. The lowest BCUT2D eigenvalue weighted by molar-refractivity contribution is -0.164. The van der Waals surface area contributed by atoms with E-state index in [1.165, 1.54) is 0 Å². The molecule has 0 aromatic rings. The molecule has 0 bridgehead atoms. The minimum Gasteiger partial charge on any atom is -0.458 e. The largest absolute Gasteiger partial charge is 0.458 e. The summed E-state index contributed by atoms with van der Waals surface area (Å²) in [6.07, 6.45) is -0.189. The number of carbonyl (C=O) groups excluding carboxylic acids is 3. The molecule has 0 amide bonds. The van der Waals surface area contributed by atoms with Crippen LogP contribution in [-0.4, -0.2) is 37.2 Å². The van der Waals surface area contributed by atoms with E-state index in [-0.39, 0.29) is 6.61 Å². The van der Waals surface area contributed by atoms with E-state index in [9.17, 15) is 14.4 Å². The molecule has 0 radical (unpaired) electrons. The van der Waals surface area contributed by atoms with E-state index in [2.05, 4.69) is 22.6 Å². The Morgan fingerprint density at radius 2 is 2.25 bits per heavy atom. The predicted molar refractivity (Wildman–Crippen MR) is 51.1 cm³/mol. The van der Waals surface area contributed by atoms with E-state index in [1.807, 2.05) is 0 Å². The molecule has 6 nitrogen and oxygen atoms in total. The molecule has 86 valence electrons. The molecule has 1 atom stereocenters. The zero-order valence-electron chi connectivity index (χ0n) is 8.43. The van der Waals surface area contributed by atoms with Gasteiger partial charge < -0.3 is 14.2 Å². The summed E-state index contributed by atoms with van der Waals surface area (Å²) >= 11 is 0. The van der Waals surface area contributed by atoms with Crippen LogP contribution in [0.1, 0.15) is 0 Å². The fourth-order valence-electron chi connectivity index (χ4n) is 0.968. The van der Waals surface area contributed by atoms with Crippen LogP contribution in [0.5, 0.6) is 0 Å². The third-order valence-corrected chi connectivity index (χ3v) is 1.73. The molecule has 0 aliphatic carbocycles. The fourth-order valence-corrected chi connectivity index (χ4v) is 0.968. The molecule has 1 aliphatic heterocycles. The molecule has 0 aromatic heterocycles. The minimum atomic E-state index is -1.10. The third kappa shape index (κ3) is 2.94. The number of hydrogen-bond acceptors (Lipinski definition) is 6. The molecule has 1 rings (SSSR count). The average molecular weight is 226 g/mol. The number of carbonyl (C=O) groups is 3. The van der Waals surface area contributed by atoms with Crippen molar-refractivity contribution in [2.45, 2.75) is 6.10 Å². The van der Waals surface area contributed by atoms with Crippen molar-refractivity contribution in [1.29, 1.82) is 0 Å². The molecule has 1 fully saturated rings. The number of esters is 3. The van der Waals surface area contributed by atoms with E-state index in [0.717, 1.165) is 6.08 Å². The van der Waals surface area contributed by atoms with E-state index in [1.54, 1.807) is 0 Å². The lowest BCUT2D eigenvalue weighted by Crippen LogP contribution is -2.26. The summed E-state index contributed by atoms with van der Waals surface area (Å²) in [6, 6.07) is 0. The van der Waals surface area contributed by atoms with Crippen LogP contribution in [0.15, 0.2) is 24.8 Å². The molecule has 0 aromatic carbocycles. The summed E-state index contributed by atoms with van der Waals surface area (Å²) < 4.78 is 13.7. The monoisotopic (exact) mass is 226 g/mol. The van der Waals surface area contributed by atoms with E-state index in [0.29, 0.717) is 5.57 Å². The van der Waals surface area contributed by atoms with Gasteiger partial charge in [-0.1, -0.05) is 13.2 Å². The lowest BCUT2D eigenvalue weighted by Gasteiger charge is -2.08. The summed E-state index contributed by atoms with van der Waals surface area (Å²) in [4.78, 5) is 32.8. The first-order valence-electron chi connectivity index (χ1n) is 4.37. The van der Waals surface area contributed by atoms with Crippen LogP contribution >= 0.6 is 0 Å². The van der Waals surface area contributed by atoms with Crippen LogP contribution < -0.4 is 0 Å². The number of hydrogen-bond donors (Lipinski definition) is 0. The molecule has 16 heavy (non-hydrogen) atoms. The summed E-state index contributed by atoms with van der Waals surface area (Å²) in [5.74, 6) is -2.27. The Morgan fingerprint density at radius 3 is 2.75 bits per heavy atom. The first-order valence-corrected chi connectivity index (χ1v) is 4.37. The summed E-state index contributed by atoms with van der Waals surface area (Å²) in [5, 5.41) is 0. The predicted octanol–water partition coefficient (Wildman–Crippen LogP) is -0.260. The highest BCUT2D eigenvalue weighted by Gasteiger charge is 2.33. The second-order valence-corrected chi connectivity index (χ2v) is 2.95. The van der Waals surface area contributed by atoms with Crippen LogP contribution in [-0.2, 0) is 28.6 Å². The number of rotatable bonds is 4. The van der Waals surface area contributed by atoms with E-state index >= 15 is 0 Å². The van der Waals surface area contributed by atoms with Crippen molar-refractivity contribution < 1.29 is 28.6 Å². The van der Waals surface area contributed by atoms with Crippen molar-refractivity contribution in [2.75, 3.05) is 13.2 Å². The molecule has 1 heterocycles. The molecule has 1 saturated heterocycles. The number of ether oxygens (including phenoxy) is 3. The van der Waals surface area contributed by atoms with E-state index in [4.69, 9.17) is 4.74 Å². The topological polar surface area (TPSA) is 78.9 Å². The lowest BCUT2D eigenvalue weighted by atomic mass is 10.2. The van der Waals surface area contributed by atoms with E-state index < -0.39 is 30.6 Å². The fraction of sp³-hybridized carbons (Fsp3) is 0.300. The zero-order valence-corrected chi connectivity index (χ0v) is 8.43. The van der Waals surface area contributed by atoms with Gasteiger partial charge in [0.2, 0.25) is 6.10 Å². The van der Waals surface area contributed by atoms with Gasteiger partial charge in [0.15, 0.2) is 6.61 Å². The summed E-state index contributed by atoms with van der Waals surface area (Å²) in [7, 11) is 0. The van der Waals surface area contributed by atoms with Gasteiger partial charge >= 0.3 is 17.9 Å². The van der Waals surface area contributed by atoms with Crippen molar-refractivity contribution in [3.8, 4) is 0 Å². The normalized spacial score (nSPS) is 18.9. The van der Waals surface area contributed by atoms with Crippen LogP contribution in [0.4, 0.5) is 0 Å². The highest BCUT2D eigenvalue weighted by atomic mass is 16.6. The Kier molecular flexibility index (Phi) is 3.82. The molecule has 0 saturated carbocycles. The maximum absolute atomic E-state index is 11.1. The molecule has 1 aliphatic rings. The average Bonchev–Trinajstić information content (AvgIpc) is 2.57. The van der Waals surface area contributed by atoms with Gasteiger partial charge in [0.25, 0.3) is 0 Å². The molecule has 0 N–H and O–H groups in total. The Labute approximate surface area is 91.5 Å². The third-order valence-electron chi connectivity index (χ3n) is 1.73. The van der Waals surface area contributed by atoms with Gasteiger partial charge in [0.05, 0.1) is 0 Å². The van der Waals surface area contributed by atoms with Gasteiger partial charge in [-0.2, -0.15) is 0 Å². The maximum Gasteiger partial charge on any atom is 0.352 e. The summed E-state index contributed by atoms with van der Waals surface area (Å²) in [6.45, 7) is 6.10. The first-order chi connectivity index (χ1) is 7.54. The van der Waals surface area contributed by atoms with Crippen molar-refractivity contribution in [3.05, 3.63) is 24.8 Å². The molecular formula is C10H10O6. The SMILES string of the molecule is C=CC(=O)OCC(=O)OC1C(=C)COC1=O. The van der Waals surface area contributed by atoms with Crippen LogP contribution in [0, 0.1) is 0 Å². The van der Waals surface area contributed by atoms with Crippen molar-refractivity contribution in [3.63, 3.8) is 0 Å². The quantitative estimate of drug-likeness (QED) is 0.284. The molecule has 6 heteroatoms. The van der Waals surface area contributed by atoms with Gasteiger partial charge in [0.1, 0.15) is 6.61 Å². The number of cyclic esters (lactones) is 1. The maximum atomic E-state index is 11.1. The smallest absolute Gasteiger partial charge is 0.352 e. The molecule has 0 spiro atoms. The minimum absolute atomic E-state index is 0.0310. The molecule has 1 unspecified atom stereocenters. The van der Waals surface area contributed by atoms with Gasteiger partial charge in [-0.15, -0.1) is 0 Å². The van der Waals surface area contributed by atoms with Crippen LogP contribution in [0.25, 0.3) is 0 Å². The summed E-state index contributed by atoms with van der Waals surface area (Å²) in [5.41, 5.74) is 0.355. The second kappa shape index (κ2) is 5.11. The Morgan fingerprint density at radius 1 is 1.56 bits per heavy atom.